The third-order valence-electron chi connectivity index (χ3n) is 4.24. The molecule has 0 amide bonds. The van der Waals surface area contributed by atoms with Crippen molar-refractivity contribution in [2.45, 2.75) is 12.0 Å². The Morgan fingerprint density at radius 1 is 1.32 bits per heavy atom. The van der Waals surface area contributed by atoms with E-state index in [-0.39, 0.29) is 0 Å². The van der Waals surface area contributed by atoms with Crippen molar-refractivity contribution in [3.8, 4) is 0 Å². The first kappa shape index (κ1) is 14.3. The molecule has 1 atom stereocenters. The quantitative estimate of drug-likeness (QED) is 0.640. The highest BCUT2D eigenvalue weighted by atomic mass is 16.5. The molecule has 0 bridgehead atoms. The molecule has 0 fully saturated rings. The van der Waals surface area contributed by atoms with E-state index in [1.807, 2.05) is 24.1 Å². The highest BCUT2D eigenvalue weighted by molar-refractivity contribution is 5.89. The number of esters is 1. The first-order chi connectivity index (χ1) is 10.6. The van der Waals surface area contributed by atoms with E-state index in [0.717, 1.165) is 23.2 Å². The van der Waals surface area contributed by atoms with Crippen LogP contribution in [-0.4, -0.2) is 31.4 Å². The van der Waals surface area contributed by atoms with Gasteiger partial charge in [0.15, 0.2) is 6.29 Å². The molecule has 112 valence electrons. The van der Waals surface area contributed by atoms with E-state index in [4.69, 9.17) is 4.74 Å². The van der Waals surface area contributed by atoms with Gasteiger partial charge < -0.3 is 14.4 Å². The molecule has 1 aromatic carbocycles. The maximum atomic E-state index is 11.9. The molecule has 2 heterocycles. The van der Waals surface area contributed by atoms with Crippen molar-refractivity contribution >= 4 is 18.1 Å². The van der Waals surface area contributed by atoms with Crippen LogP contribution in [-0.2, 0) is 21.5 Å². The summed E-state index contributed by atoms with van der Waals surface area (Å²) in [6.07, 6.45) is 3.23. The molecule has 0 radical (unpaired) electrons. The lowest BCUT2D eigenvalue weighted by molar-refractivity contribution is -0.112. The molecule has 0 N–H and O–H groups in total. The van der Waals surface area contributed by atoms with E-state index in [1.54, 1.807) is 30.5 Å². The topological polar surface area (TPSA) is 59.5 Å². The van der Waals surface area contributed by atoms with E-state index >= 15 is 0 Å². The van der Waals surface area contributed by atoms with E-state index < -0.39 is 11.5 Å². The van der Waals surface area contributed by atoms with Gasteiger partial charge >= 0.3 is 5.97 Å². The van der Waals surface area contributed by atoms with E-state index in [0.29, 0.717) is 12.0 Å². The van der Waals surface area contributed by atoms with Crippen molar-refractivity contribution in [2.24, 2.45) is 0 Å². The minimum atomic E-state index is -0.786. The minimum Gasteiger partial charge on any atom is -0.465 e. The fraction of sp³-hybridized carbons (Fsp3) is 0.235. The Morgan fingerprint density at radius 2 is 2.05 bits per heavy atom. The van der Waals surface area contributed by atoms with Gasteiger partial charge in [0.25, 0.3) is 0 Å². The maximum absolute atomic E-state index is 11.9. The summed E-state index contributed by atoms with van der Waals surface area (Å²) in [6.45, 7) is 0. The third-order valence-corrected chi connectivity index (χ3v) is 4.24. The Balaban J connectivity index is 2.02. The van der Waals surface area contributed by atoms with Gasteiger partial charge in [0.2, 0.25) is 0 Å². The predicted molar refractivity (Wildman–Crippen MR) is 81.9 cm³/mol. The van der Waals surface area contributed by atoms with Gasteiger partial charge in [0.05, 0.1) is 12.7 Å². The molecule has 1 unspecified atom stereocenters. The smallest absolute Gasteiger partial charge is 0.337 e. The van der Waals surface area contributed by atoms with Crippen molar-refractivity contribution in [3.63, 3.8) is 0 Å². The van der Waals surface area contributed by atoms with Crippen LogP contribution in [0.4, 0.5) is 5.82 Å². The van der Waals surface area contributed by atoms with Crippen LogP contribution >= 0.6 is 0 Å². The molecule has 5 nitrogen and oxygen atoms in total. The van der Waals surface area contributed by atoms with Crippen molar-refractivity contribution < 1.29 is 14.3 Å². The fourth-order valence-corrected chi connectivity index (χ4v) is 2.97. The van der Waals surface area contributed by atoms with Gasteiger partial charge in [-0.25, -0.2) is 9.78 Å². The Labute approximate surface area is 128 Å². The monoisotopic (exact) mass is 296 g/mol. The number of aldehydes is 1. The summed E-state index contributed by atoms with van der Waals surface area (Å²) in [7, 11) is 3.21. The van der Waals surface area contributed by atoms with Crippen LogP contribution in [0.1, 0.15) is 21.5 Å². The van der Waals surface area contributed by atoms with Crippen molar-refractivity contribution in [1.29, 1.82) is 0 Å². The number of fused-ring (bicyclic) bond motifs is 1. The van der Waals surface area contributed by atoms with Crippen LogP contribution in [0.15, 0.2) is 42.6 Å². The zero-order chi connectivity index (χ0) is 15.7. The molecule has 0 saturated heterocycles. The van der Waals surface area contributed by atoms with Gasteiger partial charge in [-0.3, -0.25) is 0 Å². The lowest BCUT2D eigenvalue weighted by Crippen LogP contribution is -2.43. The second-order valence-electron chi connectivity index (χ2n) is 5.33. The lowest BCUT2D eigenvalue weighted by Gasteiger charge is -2.32. The zero-order valence-electron chi connectivity index (χ0n) is 12.4. The number of carbonyl (C=O) groups is 2. The standard InChI is InChI=1S/C17H16N2O3/c1-19-15-13(4-3-9-18-15)10-17(19,11-20)14-7-5-12(6-8-14)16(21)22-2/h3-9,11H,10H2,1-2H3. The molecule has 5 heteroatoms. The Kier molecular flexibility index (Phi) is 3.41. The SMILES string of the molecule is COC(=O)c1ccc(C2(C=O)Cc3cccnc3N2C)cc1. The van der Waals surface area contributed by atoms with Gasteiger partial charge in [0.1, 0.15) is 11.4 Å². The Bertz CT molecular complexity index is 727. The Morgan fingerprint density at radius 3 is 2.64 bits per heavy atom. The van der Waals surface area contributed by atoms with Crippen molar-refractivity contribution in [3.05, 3.63) is 59.3 Å². The molecule has 0 aliphatic carbocycles. The number of ether oxygens (including phenoxy) is 1. The Hall–Kier alpha value is -2.69. The van der Waals surface area contributed by atoms with Gasteiger partial charge in [-0.2, -0.15) is 0 Å². The molecular weight excluding hydrogens is 280 g/mol. The average Bonchev–Trinajstić information content (AvgIpc) is 2.88. The molecule has 1 aliphatic heterocycles. The summed E-state index contributed by atoms with van der Waals surface area (Å²) >= 11 is 0. The minimum absolute atomic E-state index is 0.392. The fourth-order valence-electron chi connectivity index (χ4n) is 2.97. The summed E-state index contributed by atoms with van der Waals surface area (Å²) in [6, 6.07) is 10.8. The number of hydrogen-bond acceptors (Lipinski definition) is 5. The average molecular weight is 296 g/mol. The molecule has 1 aromatic heterocycles. The van der Waals surface area contributed by atoms with Gasteiger partial charge in [-0.15, -0.1) is 0 Å². The number of hydrogen-bond donors (Lipinski definition) is 0. The number of likely N-dealkylation sites (N-methyl/N-ethyl adjacent to an activating group) is 1. The first-order valence-corrected chi connectivity index (χ1v) is 6.95. The molecule has 0 saturated carbocycles. The molecule has 22 heavy (non-hydrogen) atoms. The van der Waals surface area contributed by atoms with Crippen LogP contribution in [0.5, 0.6) is 0 Å². The van der Waals surface area contributed by atoms with Crippen LogP contribution < -0.4 is 4.90 Å². The van der Waals surface area contributed by atoms with Gasteiger partial charge in [-0.1, -0.05) is 18.2 Å². The molecule has 2 aromatic rings. The van der Waals surface area contributed by atoms with Gasteiger partial charge in [0, 0.05) is 19.7 Å². The highest BCUT2D eigenvalue weighted by Gasteiger charge is 2.44. The summed E-state index contributed by atoms with van der Waals surface area (Å²) in [5, 5.41) is 0. The molecule has 1 aliphatic rings. The van der Waals surface area contributed by atoms with E-state index in [9.17, 15) is 9.59 Å². The number of rotatable bonds is 3. The first-order valence-electron chi connectivity index (χ1n) is 6.95. The predicted octanol–water partition coefficient (Wildman–Crippen LogP) is 1.95. The number of nitrogens with zero attached hydrogens (tertiary/aromatic N) is 2. The van der Waals surface area contributed by atoms with E-state index in [2.05, 4.69) is 4.98 Å². The maximum Gasteiger partial charge on any atom is 0.337 e. The van der Waals surface area contributed by atoms with Crippen LogP contribution in [0.25, 0.3) is 0 Å². The van der Waals surface area contributed by atoms with E-state index in [1.165, 1.54) is 7.11 Å². The molecule has 3 rings (SSSR count). The second-order valence-corrected chi connectivity index (χ2v) is 5.33. The second kappa shape index (κ2) is 5.26. The lowest BCUT2D eigenvalue weighted by atomic mass is 9.87. The highest BCUT2D eigenvalue weighted by Crippen LogP contribution is 2.41. The molecule has 0 spiro atoms. The number of aromatic nitrogens is 1. The molecular formula is C17H16N2O3. The van der Waals surface area contributed by atoms with Crippen LogP contribution in [0.2, 0.25) is 0 Å². The van der Waals surface area contributed by atoms with Crippen molar-refractivity contribution in [1.82, 2.24) is 4.98 Å². The normalized spacial score (nSPS) is 19.6. The number of anilines is 1. The van der Waals surface area contributed by atoms with Crippen LogP contribution in [0.3, 0.4) is 0 Å². The summed E-state index contributed by atoms with van der Waals surface area (Å²) in [5.74, 6) is 0.420. The number of carbonyl (C=O) groups excluding carboxylic acids is 2. The number of methoxy groups -OCH3 is 1. The summed E-state index contributed by atoms with van der Waals surface area (Å²) < 4.78 is 4.70. The summed E-state index contributed by atoms with van der Waals surface area (Å²) in [4.78, 5) is 29.7. The number of pyridine rings is 1. The van der Waals surface area contributed by atoms with Gasteiger partial charge in [-0.05, 0) is 29.3 Å². The van der Waals surface area contributed by atoms with Crippen molar-refractivity contribution in [2.75, 3.05) is 19.1 Å². The zero-order valence-corrected chi connectivity index (χ0v) is 12.4. The summed E-state index contributed by atoms with van der Waals surface area (Å²) in [5.41, 5.74) is 1.54. The van der Waals surface area contributed by atoms with Crippen LogP contribution in [0, 0.1) is 0 Å². The number of benzene rings is 1. The largest absolute Gasteiger partial charge is 0.465 e. The third kappa shape index (κ3) is 1.97.